The topological polar surface area (TPSA) is 156 Å². The molecule has 302 valence electrons. The first-order valence-corrected chi connectivity index (χ1v) is 19.8. The van der Waals surface area contributed by atoms with E-state index in [1.54, 1.807) is 37.4 Å². The highest BCUT2D eigenvalue weighted by molar-refractivity contribution is 6.42. The van der Waals surface area contributed by atoms with Crippen LogP contribution in [-0.4, -0.2) is 56.3 Å². The fraction of sp³-hybridized carbons (Fsp3) is 0.196. The lowest BCUT2D eigenvalue weighted by molar-refractivity contribution is -0.142. The van der Waals surface area contributed by atoms with Crippen molar-refractivity contribution in [1.29, 1.82) is 5.26 Å². The molecule has 1 aromatic heterocycles. The lowest BCUT2D eigenvalue weighted by atomic mass is 9.91. The number of carbonyl (C=O) groups is 3. The number of aromatic nitrogens is 2. The highest BCUT2D eigenvalue weighted by Crippen LogP contribution is 2.41. The number of benzene rings is 5. The van der Waals surface area contributed by atoms with Crippen molar-refractivity contribution in [3.63, 3.8) is 0 Å². The number of fused-ring (bicyclic) bond motifs is 2. The summed E-state index contributed by atoms with van der Waals surface area (Å²) in [5.74, 6) is -0.573. The van der Waals surface area contributed by atoms with Crippen LogP contribution in [0.25, 0.3) is 11.1 Å². The van der Waals surface area contributed by atoms with E-state index >= 15 is 0 Å². The number of aliphatic carboxylic acids is 1. The van der Waals surface area contributed by atoms with Gasteiger partial charge in [0.05, 0.1) is 21.7 Å². The van der Waals surface area contributed by atoms with E-state index < -0.39 is 36.0 Å². The number of halogens is 2. The number of nitrogens with one attached hydrogen (secondary N) is 1. The SMILES string of the molecule is Cn1nccc1C(=O)N1Cc2cc3c(cc2CC1C(=O)N[C@@H](Cc1ccc(-c2ccc(C#N)cc2)cc1)C(=O)O)OC[C@H](c1ccc(OCc2ccc(Cl)c(Cl)c2)cc1)O3. The van der Waals surface area contributed by atoms with E-state index in [2.05, 4.69) is 16.5 Å². The molecule has 1 unspecified atom stereocenters. The van der Waals surface area contributed by atoms with E-state index in [9.17, 15) is 19.5 Å². The molecule has 0 aliphatic carbocycles. The maximum atomic E-state index is 14.1. The summed E-state index contributed by atoms with van der Waals surface area (Å²) in [5, 5.41) is 27.2. The van der Waals surface area contributed by atoms with Crippen molar-refractivity contribution in [3.05, 3.63) is 165 Å². The van der Waals surface area contributed by atoms with Crippen molar-refractivity contribution in [2.45, 2.75) is 44.2 Å². The van der Waals surface area contributed by atoms with Crippen LogP contribution in [0.15, 0.2) is 115 Å². The summed E-state index contributed by atoms with van der Waals surface area (Å²) < 4.78 is 20.0. The minimum absolute atomic E-state index is 0.0159. The number of ether oxygens (including phenoxy) is 3. The number of hydrogen-bond donors (Lipinski definition) is 2. The van der Waals surface area contributed by atoms with Gasteiger partial charge in [-0.25, -0.2) is 4.79 Å². The second-order valence-electron chi connectivity index (χ2n) is 14.6. The molecule has 0 saturated heterocycles. The standard InChI is InChI=1S/C46H37Cl2N5O7/c1-52-39(16-17-50-52)45(55)53-24-34-22-42-41(59-26-43(60-42)32-11-13-35(14-12-32)58-25-29-6-15-36(47)37(48)18-29)21-33(34)20-40(53)44(54)51-38(46(56)57)19-27-2-7-30(8-3-27)31-9-4-28(23-49)5-10-31/h2-18,21-22,38,40,43H,19-20,24-26H2,1H3,(H,51,54)(H,56,57)/t38-,40?,43+/m0/s1. The summed E-state index contributed by atoms with van der Waals surface area (Å²) in [7, 11) is 1.64. The zero-order valence-corrected chi connectivity index (χ0v) is 33.7. The van der Waals surface area contributed by atoms with Crippen LogP contribution in [0.5, 0.6) is 17.2 Å². The third-order valence-corrected chi connectivity index (χ3v) is 11.4. The Bertz CT molecular complexity index is 2620. The molecule has 0 fully saturated rings. The van der Waals surface area contributed by atoms with Gasteiger partial charge in [0, 0.05) is 32.6 Å². The van der Waals surface area contributed by atoms with Gasteiger partial charge in [-0.3, -0.25) is 14.3 Å². The number of carbonyl (C=O) groups excluding carboxylic acids is 2. The first-order valence-electron chi connectivity index (χ1n) is 19.1. The average molecular weight is 843 g/mol. The summed E-state index contributed by atoms with van der Waals surface area (Å²) in [6.45, 7) is 0.606. The Morgan fingerprint density at radius 3 is 2.27 bits per heavy atom. The van der Waals surface area contributed by atoms with Gasteiger partial charge >= 0.3 is 5.97 Å². The van der Waals surface area contributed by atoms with Crippen molar-refractivity contribution in [3.8, 4) is 34.4 Å². The van der Waals surface area contributed by atoms with Gasteiger partial charge in [0.25, 0.3) is 5.91 Å². The van der Waals surface area contributed by atoms with Gasteiger partial charge < -0.3 is 29.5 Å². The average Bonchev–Trinajstić information content (AvgIpc) is 3.70. The summed E-state index contributed by atoms with van der Waals surface area (Å²) in [4.78, 5) is 42.2. The quantitative estimate of drug-likeness (QED) is 0.133. The number of rotatable bonds is 11. The maximum Gasteiger partial charge on any atom is 0.326 e. The Kier molecular flexibility index (Phi) is 11.5. The lowest BCUT2D eigenvalue weighted by Gasteiger charge is -2.37. The molecule has 3 atom stereocenters. The van der Waals surface area contributed by atoms with Gasteiger partial charge in [0.2, 0.25) is 5.91 Å². The Morgan fingerprint density at radius 1 is 0.900 bits per heavy atom. The molecule has 0 bridgehead atoms. The molecule has 3 heterocycles. The molecule has 5 aromatic carbocycles. The zero-order chi connectivity index (χ0) is 41.9. The molecule has 6 aromatic rings. The molecule has 2 aliphatic rings. The predicted octanol–water partition coefficient (Wildman–Crippen LogP) is 7.74. The third kappa shape index (κ3) is 8.64. The van der Waals surface area contributed by atoms with Crippen LogP contribution in [0.2, 0.25) is 10.0 Å². The van der Waals surface area contributed by atoms with E-state index in [-0.39, 0.29) is 31.7 Å². The molecule has 60 heavy (non-hydrogen) atoms. The summed E-state index contributed by atoms with van der Waals surface area (Å²) in [6, 6.07) is 32.5. The van der Waals surface area contributed by atoms with Crippen LogP contribution >= 0.6 is 23.2 Å². The molecule has 0 radical (unpaired) electrons. The molecular formula is C46H37Cl2N5O7. The number of nitrogens with zero attached hydrogens (tertiary/aromatic N) is 4. The first kappa shape index (κ1) is 40.0. The summed E-state index contributed by atoms with van der Waals surface area (Å²) in [5.41, 5.74) is 6.63. The van der Waals surface area contributed by atoms with Gasteiger partial charge in [0.1, 0.15) is 36.7 Å². The van der Waals surface area contributed by atoms with Gasteiger partial charge in [-0.2, -0.15) is 10.4 Å². The van der Waals surface area contributed by atoms with Gasteiger partial charge in [-0.1, -0.05) is 77.8 Å². The van der Waals surface area contributed by atoms with Crippen molar-refractivity contribution < 1.29 is 33.7 Å². The Balaban J connectivity index is 0.976. The Morgan fingerprint density at radius 2 is 1.60 bits per heavy atom. The van der Waals surface area contributed by atoms with Crippen LogP contribution in [0, 0.1) is 11.3 Å². The van der Waals surface area contributed by atoms with Crippen molar-refractivity contribution in [2.24, 2.45) is 7.05 Å². The van der Waals surface area contributed by atoms with Crippen LogP contribution in [0.3, 0.4) is 0 Å². The van der Waals surface area contributed by atoms with Crippen molar-refractivity contribution >= 4 is 41.0 Å². The summed E-state index contributed by atoms with van der Waals surface area (Å²) >= 11 is 12.2. The van der Waals surface area contributed by atoms with E-state index in [1.807, 2.05) is 78.9 Å². The van der Waals surface area contributed by atoms with Crippen molar-refractivity contribution in [1.82, 2.24) is 20.0 Å². The number of amides is 2. The number of carboxylic acid groups (broad SMARTS) is 1. The molecular weight excluding hydrogens is 805 g/mol. The minimum atomic E-state index is -1.27. The lowest BCUT2D eigenvalue weighted by Crippen LogP contribution is -2.56. The van der Waals surface area contributed by atoms with Crippen LogP contribution in [-0.2, 0) is 42.6 Å². The molecule has 14 heteroatoms. The van der Waals surface area contributed by atoms with E-state index in [0.29, 0.717) is 45.0 Å². The normalized spacial score (nSPS) is 15.9. The third-order valence-electron chi connectivity index (χ3n) is 10.7. The number of carboxylic acids is 1. The second-order valence-corrected chi connectivity index (χ2v) is 15.4. The molecule has 0 saturated carbocycles. The van der Waals surface area contributed by atoms with Crippen LogP contribution in [0.1, 0.15) is 50.0 Å². The maximum absolute atomic E-state index is 14.1. The van der Waals surface area contributed by atoms with E-state index in [0.717, 1.165) is 33.4 Å². The van der Waals surface area contributed by atoms with Gasteiger partial charge in [0.15, 0.2) is 17.6 Å². The van der Waals surface area contributed by atoms with Crippen LogP contribution < -0.4 is 19.5 Å². The molecule has 2 amide bonds. The Labute approximate surface area is 355 Å². The molecule has 2 N–H and O–H groups in total. The zero-order valence-electron chi connectivity index (χ0n) is 32.2. The molecule has 12 nitrogen and oxygen atoms in total. The highest BCUT2D eigenvalue weighted by Gasteiger charge is 2.39. The largest absolute Gasteiger partial charge is 0.489 e. The fourth-order valence-electron chi connectivity index (χ4n) is 7.34. The van der Waals surface area contributed by atoms with E-state index in [1.165, 1.54) is 15.8 Å². The van der Waals surface area contributed by atoms with Gasteiger partial charge in [-0.15, -0.1) is 0 Å². The second kappa shape index (κ2) is 17.2. The minimum Gasteiger partial charge on any atom is -0.489 e. The molecule has 0 spiro atoms. The monoisotopic (exact) mass is 841 g/mol. The highest BCUT2D eigenvalue weighted by atomic mass is 35.5. The molecule has 8 rings (SSSR count). The fourth-order valence-corrected chi connectivity index (χ4v) is 7.66. The summed E-state index contributed by atoms with van der Waals surface area (Å²) in [6.07, 6.45) is 1.21. The van der Waals surface area contributed by atoms with E-state index in [4.69, 9.17) is 42.7 Å². The van der Waals surface area contributed by atoms with Crippen molar-refractivity contribution in [2.75, 3.05) is 6.61 Å². The number of nitriles is 1. The molecule has 2 aliphatic heterocycles. The van der Waals surface area contributed by atoms with Crippen LogP contribution in [0.4, 0.5) is 0 Å². The number of aryl methyl sites for hydroxylation is 1. The Hall–Kier alpha value is -6.81. The number of hydrogen-bond acceptors (Lipinski definition) is 8. The first-order chi connectivity index (χ1) is 29.0. The predicted molar refractivity (Wildman–Crippen MR) is 223 cm³/mol. The smallest absolute Gasteiger partial charge is 0.326 e. The van der Waals surface area contributed by atoms with Gasteiger partial charge in [-0.05, 0) is 93.5 Å².